The predicted molar refractivity (Wildman–Crippen MR) is 106 cm³/mol. The first-order chi connectivity index (χ1) is 13.3. The summed E-state index contributed by atoms with van der Waals surface area (Å²) in [4.78, 5) is 10.4. The van der Waals surface area contributed by atoms with E-state index in [1.165, 1.54) is 11.1 Å². The fourth-order valence-electron chi connectivity index (χ4n) is 3.13. The molecule has 0 saturated carbocycles. The number of carbonyl (C=O) groups excluding carboxylic acids is 1. The first-order valence-electron chi connectivity index (χ1n) is 9.34. The molecular formula is C22H29NO4. The molecule has 0 bridgehead atoms. The van der Waals surface area contributed by atoms with Crippen LogP contribution in [0.15, 0.2) is 48.5 Å². The molecule has 0 radical (unpaired) electrons. The van der Waals surface area contributed by atoms with Gasteiger partial charge in [0.1, 0.15) is 19.1 Å². The van der Waals surface area contributed by atoms with Gasteiger partial charge in [0, 0.05) is 44.0 Å². The van der Waals surface area contributed by atoms with Gasteiger partial charge in [-0.05, 0) is 31.5 Å². The van der Waals surface area contributed by atoms with E-state index in [2.05, 4.69) is 41.3 Å². The summed E-state index contributed by atoms with van der Waals surface area (Å²) in [6.45, 7) is 10.6. The summed E-state index contributed by atoms with van der Waals surface area (Å²) >= 11 is 0. The van der Waals surface area contributed by atoms with Crippen molar-refractivity contribution < 1.29 is 19.0 Å². The van der Waals surface area contributed by atoms with Crippen molar-refractivity contribution in [3.05, 3.63) is 65.2 Å². The standard InChI is InChI=1S/C21H27NO3.CH2O/c1-3-23-21(24-4-2)18-10-11-20-19(14-18)16-22(12-13-25-20)15-17-8-6-5-7-9-17;1-2/h5-11,14,21H,3-4,12-13,15-16H2,1-2H3;1H2. The van der Waals surface area contributed by atoms with Gasteiger partial charge in [0.05, 0.1) is 0 Å². The third kappa shape index (κ3) is 6.17. The molecule has 5 nitrogen and oxygen atoms in total. The third-order valence-electron chi connectivity index (χ3n) is 4.30. The highest BCUT2D eigenvalue weighted by Gasteiger charge is 2.19. The topological polar surface area (TPSA) is 48.0 Å². The number of nitrogens with zero attached hydrogens (tertiary/aromatic N) is 1. The molecule has 146 valence electrons. The van der Waals surface area contributed by atoms with Crippen molar-refractivity contribution in [2.24, 2.45) is 0 Å². The average Bonchev–Trinajstić information content (AvgIpc) is 2.91. The van der Waals surface area contributed by atoms with E-state index in [4.69, 9.17) is 19.0 Å². The molecule has 27 heavy (non-hydrogen) atoms. The van der Waals surface area contributed by atoms with Crippen molar-refractivity contribution in [3.63, 3.8) is 0 Å². The monoisotopic (exact) mass is 371 g/mol. The van der Waals surface area contributed by atoms with Crippen LogP contribution in [-0.4, -0.2) is 38.1 Å². The highest BCUT2D eigenvalue weighted by atomic mass is 16.7. The highest BCUT2D eigenvalue weighted by Crippen LogP contribution is 2.29. The Hall–Kier alpha value is -2.21. The Balaban J connectivity index is 0.00000126. The van der Waals surface area contributed by atoms with Crippen molar-refractivity contribution in [2.45, 2.75) is 33.2 Å². The smallest absolute Gasteiger partial charge is 0.183 e. The molecule has 0 N–H and O–H groups in total. The SMILES string of the molecule is C=O.CCOC(OCC)c1ccc2c(c1)CN(Cc1ccccc1)CCO2. The van der Waals surface area contributed by atoms with Crippen molar-refractivity contribution in [1.82, 2.24) is 4.90 Å². The Morgan fingerprint density at radius 3 is 2.44 bits per heavy atom. The first-order valence-corrected chi connectivity index (χ1v) is 9.34. The zero-order valence-electron chi connectivity index (χ0n) is 16.2. The van der Waals surface area contributed by atoms with Gasteiger partial charge in [0.15, 0.2) is 6.29 Å². The van der Waals surface area contributed by atoms with Crippen molar-refractivity contribution >= 4 is 6.79 Å². The zero-order chi connectivity index (χ0) is 19.5. The van der Waals surface area contributed by atoms with Crippen molar-refractivity contribution in [3.8, 4) is 5.75 Å². The molecular weight excluding hydrogens is 342 g/mol. The summed E-state index contributed by atoms with van der Waals surface area (Å²) in [5.74, 6) is 0.964. The minimum Gasteiger partial charge on any atom is -0.492 e. The largest absolute Gasteiger partial charge is 0.492 e. The maximum atomic E-state index is 8.00. The van der Waals surface area contributed by atoms with Crippen LogP contribution >= 0.6 is 0 Å². The van der Waals surface area contributed by atoms with Gasteiger partial charge in [-0.15, -0.1) is 0 Å². The fourth-order valence-corrected chi connectivity index (χ4v) is 3.13. The molecule has 0 amide bonds. The molecule has 0 unspecified atom stereocenters. The zero-order valence-corrected chi connectivity index (χ0v) is 16.2. The molecule has 0 saturated heterocycles. The number of rotatable bonds is 7. The summed E-state index contributed by atoms with van der Waals surface area (Å²) in [6, 6.07) is 16.8. The molecule has 2 aromatic rings. The molecule has 0 aromatic heterocycles. The second kappa shape index (κ2) is 11.5. The Morgan fingerprint density at radius 1 is 1.07 bits per heavy atom. The number of hydrogen-bond donors (Lipinski definition) is 0. The van der Waals surface area contributed by atoms with E-state index in [1.54, 1.807) is 0 Å². The van der Waals surface area contributed by atoms with Crippen molar-refractivity contribution in [2.75, 3.05) is 26.4 Å². The lowest BCUT2D eigenvalue weighted by Gasteiger charge is -2.21. The van der Waals surface area contributed by atoms with E-state index < -0.39 is 0 Å². The third-order valence-corrected chi connectivity index (χ3v) is 4.30. The lowest BCUT2D eigenvalue weighted by atomic mass is 10.1. The van der Waals surface area contributed by atoms with Gasteiger partial charge < -0.3 is 19.0 Å². The van der Waals surface area contributed by atoms with Crippen LogP contribution < -0.4 is 4.74 Å². The predicted octanol–water partition coefficient (Wildman–Crippen LogP) is 3.97. The lowest BCUT2D eigenvalue weighted by molar-refractivity contribution is -0.140. The Morgan fingerprint density at radius 2 is 1.78 bits per heavy atom. The molecule has 1 aliphatic heterocycles. The maximum Gasteiger partial charge on any atom is 0.183 e. The highest BCUT2D eigenvalue weighted by molar-refractivity contribution is 5.38. The van der Waals surface area contributed by atoms with Crippen LogP contribution in [0.3, 0.4) is 0 Å². The van der Waals surface area contributed by atoms with Crippen LogP contribution in [0.5, 0.6) is 5.75 Å². The van der Waals surface area contributed by atoms with E-state index in [-0.39, 0.29) is 6.29 Å². The Kier molecular flexibility index (Phi) is 8.98. The fraction of sp³-hybridized carbons (Fsp3) is 0.409. The van der Waals surface area contributed by atoms with E-state index in [0.29, 0.717) is 19.8 Å². The summed E-state index contributed by atoms with van der Waals surface area (Å²) in [5.41, 5.74) is 3.56. The molecule has 1 aliphatic rings. The van der Waals surface area contributed by atoms with E-state index >= 15 is 0 Å². The Bertz CT molecular complexity index is 671. The van der Waals surface area contributed by atoms with Gasteiger partial charge in [0.2, 0.25) is 0 Å². The van der Waals surface area contributed by atoms with Gasteiger partial charge in [-0.1, -0.05) is 36.4 Å². The van der Waals surface area contributed by atoms with Gasteiger partial charge in [-0.2, -0.15) is 0 Å². The summed E-state index contributed by atoms with van der Waals surface area (Å²) in [5, 5.41) is 0. The lowest BCUT2D eigenvalue weighted by Crippen LogP contribution is -2.25. The number of carbonyl (C=O) groups is 1. The van der Waals surface area contributed by atoms with E-state index in [1.807, 2.05) is 32.8 Å². The molecule has 5 heteroatoms. The number of fused-ring (bicyclic) bond motifs is 1. The maximum absolute atomic E-state index is 8.00. The number of hydrogen-bond acceptors (Lipinski definition) is 5. The van der Waals surface area contributed by atoms with Crippen LogP contribution in [0.25, 0.3) is 0 Å². The average molecular weight is 371 g/mol. The van der Waals surface area contributed by atoms with Crippen LogP contribution in [0.1, 0.15) is 36.8 Å². The second-order valence-electron chi connectivity index (χ2n) is 6.15. The minimum atomic E-state index is -0.314. The molecule has 1 heterocycles. The summed E-state index contributed by atoms with van der Waals surface area (Å²) in [6.07, 6.45) is -0.314. The van der Waals surface area contributed by atoms with Gasteiger partial charge in [0.25, 0.3) is 0 Å². The molecule has 0 spiro atoms. The summed E-state index contributed by atoms with van der Waals surface area (Å²) in [7, 11) is 0. The van der Waals surface area contributed by atoms with Crippen LogP contribution in [0, 0.1) is 0 Å². The van der Waals surface area contributed by atoms with Crippen LogP contribution in [0.2, 0.25) is 0 Å². The van der Waals surface area contributed by atoms with Crippen LogP contribution in [0.4, 0.5) is 0 Å². The van der Waals surface area contributed by atoms with Crippen LogP contribution in [-0.2, 0) is 27.4 Å². The normalized spacial score (nSPS) is 13.9. The van der Waals surface area contributed by atoms with Gasteiger partial charge in [-0.25, -0.2) is 0 Å². The quantitative estimate of drug-likeness (QED) is 0.689. The first kappa shape index (κ1) is 21.1. The molecule has 3 rings (SSSR count). The van der Waals surface area contributed by atoms with Crippen molar-refractivity contribution in [1.29, 1.82) is 0 Å². The molecule has 2 aromatic carbocycles. The second-order valence-corrected chi connectivity index (χ2v) is 6.15. The molecule has 0 atom stereocenters. The van der Waals surface area contributed by atoms with E-state index in [0.717, 1.165) is 30.9 Å². The summed E-state index contributed by atoms with van der Waals surface area (Å²) < 4.78 is 17.4. The molecule has 0 fully saturated rings. The van der Waals surface area contributed by atoms with Gasteiger partial charge in [-0.3, -0.25) is 4.90 Å². The number of ether oxygens (including phenoxy) is 3. The van der Waals surface area contributed by atoms with Gasteiger partial charge >= 0.3 is 0 Å². The van der Waals surface area contributed by atoms with E-state index in [9.17, 15) is 0 Å². The molecule has 0 aliphatic carbocycles. The minimum absolute atomic E-state index is 0.314. The Labute approximate surface area is 161 Å². The number of benzene rings is 2.